The standard InChI is InChI=1S/C26H36FN5O5/c1-15-22-20(11-12-31(15)25(34)37-26(2,3)4)30-32(17-9-10-19(27)18(13-17)16-7-8-16)23(22)29-24(33)28-14-21(35-5)36-6/h9-10,13,15-16,21H,7-8,11-12,14H2,1-6H3,(H2,28,29,33)/t15-/m0/s1. The number of carbonyl (C=O) groups excluding carboxylic acids is 2. The van der Waals surface area contributed by atoms with Gasteiger partial charge in [0.25, 0.3) is 0 Å². The van der Waals surface area contributed by atoms with E-state index in [4.69, 9.17) is 19.3 Å². The van der Waals surface area contributed by atoms with E-state index in [1.54, 1.807) is 21.7 Å². The van der Waals surface area contributed by atoms with Crippen molar-refractivity contribution < 1.29 is 28.2 Å². The van der Waals surface area contributed by atoms with Gasteiger partial charge in [0.05, 0.1) is 24.0 Å². The molecule has 1 atom stereocenters. The number of methoxy groups -OCH3 is 2. The van der Waals surface area contributed by atoms with Crippen LogP contribution in [0.3, 0.4) is 0 Å². The smallest absolute Gasteiger partial charge is 0.410 e. The van der Waals surface area contributed by atoms with E-state index in [2.05, 4.69) is 10.6 Å². The number of amides is 3. The molecule has 1 saturated carbocycles. The Kier molecular flexibility index (Phi) is 7.75. The summed E-state index contributed by atoms with van der Waals surface area (Å²) < 4.78 is 32.0. The van der Waals surface area contributed by atoms with Crippen LogP contribution in [0.1, 0.15) is 69.3 Å². The van der Waals surface area contributed by atoms with Gasteiger partial charge in [-0.05, 0) is 70.2 Å². The molecule has 0 radical (unpaired) electrons. The van der Waals surface area contributed by atoms with E-state index in [0.29, 0.717) is 35.6 Å². The predicted molar refractivity (Wildman–Crippen MR) is 135 cm³/mol. The Balaban J connectivity index is 1.70. The SMILES string of the molecule is COC(CNC(=O)Nc1c2c(nn1-c1ccc(F)c(C3CC3)c1)CCN(C(=O)OC(C)(C)C)[C@H]2C)OC. The molecule has 1 fully saturated rings. The molecular weight excluding hydrogens is 481 g/mol. The fourth-order valence-corrected chi connectivity index (χ4v) is 4.51. The Hall–Kier alpha value is -3.18. The van der Waals surface area contributed by atoms with E-state index in [1.807, 2.05) is 27.7 Å². The second kappa shape index (κ2) is 10.7. The van der Waals surface area contributed by atoms with Gasteiger partial charge in [-0.1, -0.05) is 0 Å². The first-order valence-electron chi connectivity index (χ1n) is 12.5. The first-order valence-corrected chi connectivity index (χ1v) is 12.5. The summed E-state index contributed by atoms with van der Waals surface area (Å²) in [5, 5.41) is 10.4. The molecule has 37 heavy (non-hydrogen) atoms. The molecule has 10 nitrogen and oxygen atoms in total. The number of rotatable bonds is 7. The summed E-state index contributed by atoms with van der Waals surface area (Å²) in [5.74, 6) is 0.365. The number of fused-ring (bicyclic) bond motifs is 1. The molecule has 1 aromatic carbocycles. The van der Waals surface area contributed by atoms with E-state index in [1.165, 1.54) is 20.3 Å². The third-order valence-electron chi connectivity index (χ3n) is 6.53. The first-order chi connectivity index (χ1) is 17.5. The fraction of sp³-hybridized carbons (Fsp3) is 0.577. The third-order valence-corrected chi connectivity index (χ3v) is 6.53. The maximum Gasteiger partial charge on any atom is 0.410 e. The second-order valence-corrected chi connectivity index (χ2v) is 10.4. The van der Waals surface area contributed by atoms with Crippen molar-refractivity contribution >= 4 is 17.9 Å². The van der Waals surface area contributed by atoms with Crippen molar-refractivity contribution in [2.24, 2.45) is 0 Å². The van der Waals surface area contributed by atoms with Crippen molar-refractivity contribution in [3.63, 3.8) is 0 Å². The Morgan fingerprint density at radius 1 is 1.22 bits per heavy atom. The van der Waals surface area contributed by atoms with Crippen LogP contribution in [0, 0.1) is 5.82 Å². The second-order valence-electron chi connectivity index (χ2n) is 10.4. The minimum atomic E-state index is -0.644. The minimum Gasteiger partial charge on any atom is -0.444 e. The number of hydrogen-bond donors (Lipinski definition) is 2. The summed E-state index contributed by atoms with van der Waals surface area (Å²) in [6.07, 6.45) is 1.34. The number of anilines is 1. The summed E-state index contributed by atoms with van der Waals surface area (Å²) in [6.45, 7) is 7.88. The Labute approximate surface area is 216 Å². The van der Waals surface area contributed by atoms with E-state index >= 15 is 0 Å². The number of aromatic nitrogens is 2. The molecule has 3 amide bonds. The van der Waals surface area contributed by atoms with Gasteiger partial charge in [-0.2, -0.15) is 5.10 Å². The van der Waals surface area contributed by atoms with Crippen LogP contribution >= 0.6 is 0 Å². The molecular formula is C26H36FN5O5. The minimum absolute atomic E-state index is 0.122. The van der Waals surface area contributed by atoms with Crippen molar-refractivity contribution in [3.8, 4) is 5.69 Å². The van der Waals surface area contributed by atoms with Crippen LogP contribution < -0.4 is 10.6 Å². The summed E-state index contributed by atoms with van der Waals surface area (Å²) in [7, 11) is 2.97. The van der Waals surface area contributed by atoms with Crippen LogP contribution in [0.5, 0.6) is 0 Å². The number of nitrogens with zero attached hydrogens (tertiary/aromatic N) is 3. The van der Waals surface area contributed by atoms with Crippen molar-refractivity contribution in [2.45, 2.75) is 70.8 Å². The molecule has 4 rings (SSSR count). The number of carbonyl (C=O) groups is 2. The number of nitrogens with one attached hydrogen (secondary N) is 2. The maximum atomic E-state index is 14.5. The zero-order chi connectivity index (χ0) is 26.9. The highest BCUT2D eigenvalue weighted by Gasteiger charge is 2.36. The van der Waals surface area contributed by atoms with E-state index in [-0.39, 0.29) is 18.3 Å². The van der Waals surface area contributed by atoms with Crippen LogP contribution in [0.15, 0.2) is 18.2 Å². The third kappa shape index (κ3) is 6.04. The van der Waals surface area contributed by atoms with Crippen LogP contribution in [-0.4, -0.2) is 66.0 Å². The average Bonchev–Trinajstić information content (AvgIpc) is 3.61. The molecule has 0 bridgehead atoms. The van der Waals surface area contributed by atoms with Gasteiger partial charge in [0.1, 0.15) is 17.2 Å². The van der Waals surface area contributed by atoms with E-state index in [0.717, 1.165) is 18.5 Å². The van der Waals surface area contributed by atoms with Crippen LogP contribution in [0.25, 0.3) is 5.69 Å². The average molecular weight is 518 g/mol. The highest BCUT2D eigenvalue weighted by molar-refractivity contribution is 5.90. The summed E-state index contributed by atoms with van der Waals surface area (Å²) in [6, 6.07) is 3.96. The van der Waals surface area contributed by atoms with Gasteiger partial charge in [-0.25, -0.2) is 18.7 Å². The van der Waals surface area contributed by atoms with E-state index < -0.39 is 30.1 Å². The first kappa shape index (κ1) is 26.9. The molecule has 2 N–H and O–H groups in total. The maximum absolute atomic E-state index is 14.5. The molecule has 2 aromatic rings. The number of benzene rings is 1. The molecule has 0 spiro atoms. The molecule has 1 aliphatic heterocycles. The van der Waals surface area contributed by atoms with Crippen LogP contribution in [-0.2, 0) is 20.6 Å². The van der Waals surface area contributed by atoms with Gasteiger partial charge in [-0.3, -0.25) is 5.32 Å². The van der Waals surface area contributed by atoms with Crippen LogP contribution in [0.2, 0.25) is 0 Å². The monoisotopic (exact) mass is 517 g/mol. The number of hydrogen-bond acceptors (Lipinski definition) is 6. The fourth-order valence-electron chi connectivity index (χ4n) is 4.51. The lowest BCUT2D eigenvalue weighted by Gasteiger charge is -2.34. The lowest BCUT2D eigenvalue weighted by Crippen LogP contribution is -2.42. The largest absolute Gasteiger partial charge is 0.444 e. The van der Waals surface area contributed by atoms with Gasteiger partial charge in [0, 0.05) is 32.7 Å². The number of urea groups is 1. The lowest BCUT2D eigenvalue weighted by molar-refractivity contribution is -0.0970. The number of halogens is 1. The Morgan fingerprint density at radius 2 is 1.92 bits per heavy atom. The van der Waals surface area contributed by atoms with Gasteiger partial charge in [0.15, 0.2) is 6.29 Å². The predicted octanol–water partition coefficient (Wildman–Crippen LogP) is 4.48. The van der Waals surface area contributed by atoms with E-state index in [9.17, 15) is 14.0 Å². The highest BCUT2D eigenvalue weighted by atomic mass is 19.1. The molecule has 2 heterocycles. The molecule has 0 saturated heterocycles. The zero-order valence-electron chi connectivity index (χ0n) is 22.3. The lowest BCUT2D eigenvalue weighted by atomic mass is 10.00. The van der Waals surface area contributed by atoms with Gasteiger partial charge in [-0.15, -0.1) is 0 Å². The molecule has 1 aliphatic carbocycles. The topological polar surface area (TPSA) is 107 Å². The van der Waals surface area contributed by atoms with Crippen molar-refractivity contribution in [2.75, 3.05) is 32.6 Å². The summed E-state index contributed by atoms with van der Waals surface area (Å²) in [4.78, 5) is 27.5. The summed E-state index contributed by atoms with van der Waals surface area (Å²) in [5.41, 5.74) is 2.10. The van der Waals surface area contributed by atoms with Gasteiger partial charge >= 0.3 is 12.1 Å². The van der Waals surface area contributed by atoms with Gasteiger partial charge in [0.2, 0.25) is 0 Å². The van der Waals surface area contributed by atoms with Crippen molar-refractivity contribution in [3.05, 3.63) is 40.8 Å². The molecule has 1 aromatic heterocycles. The zero-order valence-corrected chi connectivity index (χ0v) is 22.3. The van der Waals surface area contributed by atoms with Crippen molar-refractivity contribution in [1.82, 2.24) is 20.0 Å². The quantitative estimate of drug-likeness (QED) is 0.525. The number of ether oxygens (including phenoxy) is 3. The van der Waals surface area contributed by atoms with Crippen molar-refractivity contribution in [1.29, 1.82) is 0 Å². The highest BCUT2D eigenvalue weighted by Crippen LogP contribution is 2.43. The normalized spacial score (nSPS) is 17.5. The summed E-state index contributed by atoms with van der Waals surface area (Å²) >= 11 is 0. The van der Waals surface area contributed by atoms with Gasteiger partial charge < -0.3 is 24.4 Å². The Bertz CT molecular complexity index is 1150. The molecule has 0 unspecified atom stereocenters. The Morgan fingerprint density at radius 3 is 2.54 bits per heavy atom. The van der Waals surface area contributed by atoms with Crippen LogP contribution in [0.4, 0.5) is 19.8 Å². The molecule has 202 valence electrons. The molecule has 2 aliphatic rings. The molecule has 11 heteroatoms.